The minimum atomic E-state index is -1.16. The maximum Gasteiger partial charge on any atom is 0.161 e. The van der Waals surface area contributed by atoms with Gasteiger partial charge in [0.05, 0.1) is 6.10 Å². The molecule has 0 amide bonds. The van der Waals surface area contributed by atoms with Gasteiger partial charge < -0.3 is 10.2 Å². The van der Waals surface area contributed by atoms with E-state index in [1.807, 2.05) is 0 Å². The van der Waals surface area contributed by atoms with E-state index in [2.05, 4.69) is 26.0 Å². The zero-order valence-electron chi connectivity index (χ0n) is 15.1. The standard InChI is InChI=1S/C21H30O3/c1-13(22)21(24)11-8-18-16-5-4-14-12-15(23)6-9-19(14,2)17(16)7-10-20(18,21)3/h4-5,15,17-18,23-24H,6-12H2,1-3H3/t15-,17+,18-,19+,20-,21-/m0/s1. The normalized spacial score (nSPS) is 50.3. The molecule has 6 atom stereocenters. The maximum absolute atomic E-state index is 12.2. The van der Waals surface area contributed by atoms with Crippen molar-refractivity contribution in [3.05, 3.63) is 23.3 Å². The number of carbonyl (C=O) groups is 1. The van der Waals surface area contributed by atoms with Gasteiger partial charge >= 0.3 is 0 Å². The number of Topliss-reactive ketones (excluding diaryl/α,β-unsaturated/α-hetero) is 1. The molecular formula is C21H30O3. The molecular weight excluding hydrogens is 300 g/mol. The van der Waals surface area contributed by atoms with Crippen molar-refractivity contribution < 1.29 is 15.0 Å². The summed E-state index contributed by atoms with van der Waals surface area (Å²) < 4.78 is 0. The third-order valence-corrected chi connectivity index (χ3v) is 8.28. The van der Waals surface area contributed by atoms with Crippen molar-refractivity contribution >= 4 is 5.78 Å². The molecule has 0 bridgehead atoms. The largest absolute Gasteiger partial charge is 0.393 e. The van der Waals surface area contributed by atoms with Crippen LogP contribution >= 0.6 is 0 Å². The van der Waals surface area contributed by atoms with Crippen LogP contribution in [0.4, 0.5) is 0 Å². The lowest BCUT2D eigenvalue weighted by Crippen LogP contribution is -2.54. The molecule has 0 spiro atoms. The second kappa shape index (κ2) is 5.04. The summed E-state index contributed by atoms with van der Waals surface area (Å²) in [5, 5.41) is 21.2. The smallest absolute Gasteiger partial charge is 0.161 e. The Balaban J connectivity index is 1.75. The van der Waals surface area contributed by atoms with Crippen LogP contribution in [0.15, 0.2) is 23.3 Å². The Morgan fingerprint density at radius 3 is 2.50 bits per heavy atom. The molecule has 3 nitrogen and oxygen atoms in total. The Hall–Kier alpha value is -0.930. The fourth-order valence-electron chi connectivity index (χ4n) is 6.58. The van der Waals surface area contributed by atoms with Gasteiger partial charge in [-0.05, 0) is 69.1 Å². The highest BCUT2D eigenvalue weighted by Crippen LogP contribution is 2.65. The Bertz CT molecular complexity index is 647. The number of hydrogen-bond acceptors (Lipinski definition) is 3. The van der Waals surface area contributed by atoms with Crippen LogP contribution in [0.3, 0.4) is 0 Å². The molecule has 0 aromatic carbocycles. The van der Waals surface area contributed by atoms with E-state index < -0.39 is 5.60 Å². The summed E-state index contributed by atoms with van der Waals surface area (Å²) in [4.78, 5) is 12.2. The van der Waals surface area contributed by atoms with Crippen molar-refractivity contribution in [3.63, 3.8) is 0 Å². The average molecular weight is 330 g/mol. The highest BCUT2D eigenvalue weighted by Gasteiger charge is 2.63. The van der Waals surface area contributed by atoms with Crippen molar-refractivity contribution in [3.8, 4) is 0 Å². The van der Waals surface area contributed by atoms with E-state index in [1.165, 1.54) is 11.1 Å². The van der Waals surface area contributed by atoms with E-state index in [-0.39, 0.29) is 22.7 Å². The lowest BCUT2D eigenvalue weighted by atomic mass is 9.50. The summed E-state index contributed by atoms with van der Waals surface area (Å²) in [7, 11) is 0. The molecule has 2 N–H and O–H groups in total. The van der Waals surface area contributed by atoms with Gasteiger partial charge in [-0.15, -0.1) is 0 Å². The fourth-order valence-corrected chi connectivity index (χ4v) is 6.58. The molecule has 3 fully saturated rings. The van der Waals surface area contributed by atoms with Crippen molar-refractivity contribution in [1.29, 1.82) is 0 Å². The molecule has 4 aliphatic rings. The number of aliphatic hydroxyl groups is 2. The molecule has 3 saturated carbocycles. The lowest BCUT2D eigenvalue weighted by molar-refractivity contribution is -0.150. The van der Waals surface area contributed by atoms with Gasteiger partial charge in [-0.2, -0.15) is 0 Å². The number of allylic oxidation sites excluding steroid dienone is 3. The third kappa shape index (κ3) is 1.89. The number of hydrogen-bond donors (Lipinski definition) is 2. The quantitative estimate of drug-likeness (QED) is 0.773. The number of ketones is 1. The molecule has 0 heterocycles. The van der Waals surface area contributed by atoms with E-state index in [0.717, 1.165) is 38.5 Å². The molecule has 0 radical (unpaired) electrons. The molecule has 132 valence electrons. The van der Waals surface area contributed by atoms with E-state index >= 15 is 0 Å². The minimum Gasteiger partial charge on any atom is -0.393 e. The van der Waals surface area contributed by atoms with Gasteiger partial charge in [0.15, 0.2) is 5.78 Å². The van der Waals surface area contributed by atoms with Crippen molar-refractivity contribution in [1.82, 2.24) is 0 Å². The molecule has 4 rings (SSSR count). The first-order valence-corrected chi connectivity index (χ1v) is 9.55. The van der Waals surface area contributed by atoms with Gasteiger partial charge in [0.1, 0.15) is 5.60 Å². The maximum atomic E-state index is 12.2. The van der Waals surface area contributed by atoms with Crippen molar-refractivity contribution in [2.75, 3.05) is 0 Å². The summed E-state index contributed by atoms with van der Waals surface area (Å²) in [6.45, 7) is 6.06. The molecule has 0 saturated heterocycles. The van der Waals surface area contributed by atoms with Gasteiger partial charge in [-0.3, -0.25) is 4.79 Å². The highest BCUT2D eigenvalue weighted by molar-refractivity contribution is 5.86. The van der Waals surface area contributed by atoms with Crippen LogP contribution in [0.5, 0.6) is 0 Å². The average Bonchev–Trinajstić information content (AvgIpc) is 2.81. The van der Waals surface area contributed by atoms with Crippen LogP contribution in [0, 0.1) is 22.7 Å². The lowest BCUT2D eigenvalue weighted by Gasteiger charge is -2.55. The van der Waals surface area contributed by atoms with Crippen LogP contribution in [0.2, 0.25) is 0 Å². The Labute approximate surface area is 144 Å². The predicted octanol–water partition coefficient (Wildman–Crippen LogP) is 3.55. The minimum absolute atomic E-state index is 0.0643. The van der Waals surface area contributed by atoms with Gasteiger partial charge in [0, 0.05) is 5.41 Å². The molecule has 3 heteroatoms. The number of aliphatic hydroxyl groups excluding tert-OH is 1. The molecule has 4 aliphatic carbocycles. The van der Waals surface area contributed by atoms with Crippen LogP contribution in [-0.4, -0.2) is 27.7 Å². The third-order valence-electron chi connectivity index (χ3n) is 8.28. The van der Waals surface area contributed by atoms with Gasteiger partial charge in [0.2, 0.25) is 0 Å². The molecule has 0 unspecified atom stereocenters. The van der Waals surface area contributed by atoms with Crippen LogP contribution in [-0.2, 0) is 4.79 Å². The summed E-state index contributed by atoms with van der Waals surface area (Å²) in [6, 6.07) is 0. The van der Waals surface area contributed by atoms with E-state index in [4.69, 9.17) is 0 Å². The Kier molecular flexibility index (Phi) is 3.48. The highest BCUT2D eigenvalue weighted by atomic mass is 16.3. The van der Waals surface area contributed by atoms with Crippen LogP contribution in [0.1, 0.15) is 65.7 Å². The zero-order chi connectivity index (χ0) is 17.3. The number of rotatable bonds is 1. The summed E-state index contributed by atoms with van der Waals surface area (Å²) in [6.07, 6.45) is 10.5. The van der Waals surface area contributed by atoms with E-state index in [0.29, 0.717) is 18.3 Å². The summed E-state index contributed by atoms with van der Waals surface area (Å²) in [5.74, 6) is 0.759. The first kappa shape index (κ1) is 16.5. The summed E-state index contributed by atoms with van der Waals surface area (Å²) in [5.41, 5.74) is 1.54. The Morgan fingerprint density at radius 2 is 1.79 bits per heavy atom. The van der Waals surface area contributed by atoms with Gasteiger partial charge in [-0.1, -0.05) is 37.1 Å². The second-order valence-corrected chi connectivity index (χ2v) is 9.19. The monoisotopic (exact) mass is 330 g/mol. The van der Waals surface area contributed by atoms with Gasteiger partial charge in [0.25, 0.3) is 0 Å². The molecule has 0 aromatic heterocycles. The molecule has 0 aliphatic heterocycles. The van der Waals surface area contributed by atoms with E-state index in [1.54, 1.807) is 6.92 Å². The van der Waals surface area contributed by atoms with Crippen molar-refractivity contribution in [2.45, 2.75) is 77.4 Å². The molecule has 24 heavy (non-hydrogen) atoms. The zero-order valence-corrected chi connectivity index (χ0v) is 15.1. The van der Waals surface area contributed by atoms with Crippen molar-refractivity contribution in [2.24, 2.45) is 22.7 Å². The molecule has 0 aromatic rings. The van der Waals surface area contributed by atoms with Crippen LogP contribution < -0.4 is 0 Å². The fraction of sp³-hybridized carbons (Fsp3) is 0.762. The topological polar surface area (TPSA) is 57.5 Å². The predicted molar refractivity (Wildman–Crippen MR) is 93.3 cm³/mol. The first-order valence-electron chi connectivity index (χ1n) is 9.55. The van der Waals surface area contributed by atoms with E-state index in [9.17, 15) is 15.0 Å². The number of fused-ring (bicyclic) bond motifs is 5. The van der Waals surface area contributed by atoms with Gasteiger partial charge in [-0.25, -0.2) is 0 Å². The second-order valence-electron chi connectivity index (χ2n) is 9.19. The SMILES string of the molecule is CC(=O)[C@@]1(O)CC[C@H]2C3=CC=C4C[C@@H](O)CC[C@@]4(C)[C@@H]3CC[C@@]21C. The van der Waals surface area contributed by atoms with Crippen LogP contribution in [0.25, 0.3) is 0 Å². The number of carbonyl (C=O) groups excluding carboxylic acids is 1. The first-order chi connectivity index (χ1) is 11.2. The summed E-state index contributed by atoms with van der Waals surface area (Å²) >= 11 is 0. The Morgan fingerprint density at radius 1 is 1.08 bits per heavy atom.